The van der Waals surface area contributed by atoms with Gasteiger partial charge in [0.2, 0.25) is 0 Å². The number of nitrogens with zero attached hydrogens (tertiary/aromatic N) is 1. The first kappa shape index (κ1) is 13.0. The lowest BCUT2D eigenvalue weighted by atomic mass is 9.97. The van der Waals surface area contributed by atoms with Gasteiger partial charge in [0.25, 0.3) is 0 Å². The first-order valence-corrected chi connectivity index (χ1v) is 7.70. The van der Waals surface area contributed by atoms with E-state index in [1.54, 1.807) is 0 Å². The fourth-order valence-electron chi connectivity index (χ4n) is 3.59. The van der Waals surface area contributed by atoms with Crippen molar-refractivity contribution in [3.63, 3.8) is 0 Å². The second-order valence-corrected chi connectivity index (χ2v) is 6.00. The minimum atomic E-state index is -0.315. The third kappa shape index (κ3) is 2.27. The molecule has 0 bridgehead atoms. The number of carbonyl (C=O) groups is 1. The number of benzene rings is 2. The Labute approximate surface area is 124 Å². The number of hydrogen-bond acceptors (Lipinski definition) is 3. The van der Waals surface area contributed by atoms with Gasteiger partial charge in [0.15, 0.2) is 5.78 Å². The van der Waals surface area contributed by atoms with Crippen LogP contribution in [0, 0.1) is 0 Å². The van der Waals surface area contributed by atoms with Gasteiger partial charge in [-0.1, -0.05) is 42.5 Å². The van der Waals surface area contributed by atoms with Crippen molar-refractivity contribution in [1.82, 2.24) is 4.90 Å². The molecule has 3 heteroatoms. The molecule has 21 heavy (non-hydrogen) atoms. The minimum Gasteiger partial charge on any atom is -0.367 e. The summed E-state index contributed by atoms with van der Waals surface area (Å²) in [5, 5.41) is 2.13. The van der Waals surface area contributed by atoms with Crippen molar-refractivity contribution in [3.05, 3.63) is 48.0 Å². The van der Waals surface area contributed by atoms with Crippen molar-refractivity contribution in [2.24, 2.45) is 0 Å². The Morgan fingerprint density at radius 3 is 2.95 bits per heavy atom. The summed E-state index contributed by atoms with van der Waals surface area (Å²) in [7, 11) is 0. The third-order valence-electron chi connectivity index (χ3n) is 4.74. The van der Waals surface area contributed by atoms with Crippen LogP contribution >= 0.6 is 0 Å². The SMILES string of the molecule is O=C(c1cccc2ccccc12)C1CN2CCCC2CO1. The number of rotatable bonds is 2. The van der Waals surface area contributed by atoms with Crippen LogP contribution in [-0.2, 0) is 4.74 Å². The van der Waals surface area contributed by atoms with Gasteiger partial charge in [0.1, 0.15) is 6.10 Å². The summed E-state index contributed by atoms with van der Waals surface area (Å²) in [4.78, 5) is 15.3. The molecule has 2 aromatic rings. The molecule has 2 unspecified atom stereocenters. The normalized spacial score (nSPS) is 25.9. The fraction of sp³-hybridized carbons (Fsp3) is 0.389. The Balaban J connectivity index is 1.64. The van der Waals surface area contributed by atoms with Gasteiger partial charge in [-0.3, -0.25) is 9.69 Å². The molecule has 2 aromatic carbocycles. The highest BCUT2D eigenvalue weighted by Gasteiger charge is 2.35. The fourth-order valence-corrected chi connectivity index (χ4v) is 3.59. The molecule has 0 saturated carbocycles. The van der Waals surface area contributed by atoms with E-state index in [0.717, 1.165) is 29.4 Å². The van der Waals surface area contributed by atoms with Gasteiger partial charge in [-0.2, -0.15) is 0 Å². The zero-order chi connectivity index (χ0) is 14.2. The van der Waals surface area contributed by atoms with Crippen LogP contribution in [0.25, 0.3) is 10.8 Å². The van der Waals surface area contributed by atoms with Crippen molar-refractivity contribution >= 4 is 16.6 Å². The standard InChI is InChI=1S/C18H19NO2/c20-18(17-11-19-10-4-7-14(19)12-21-17)16-9-3-6-13-5-1-2-8-15(13)16/h1-3,5-6,8-9,14,17H,4,7,10-12H2. The Bertz CT molecular complexity index is 676. The van der Waals surface area contributed by atoms with Crippen LogP contribution in [0.5, 0.6) is 0 Å². The Morgan fingerprint density at radius 1 is 1.14 bits per heavy atom. The highest BCUT2D eigenvalue weighted by Crippen LogP contribution is 2.26. The zero-order valence-corrected chi connectivity index (χ0v) is 12.0. The summed E-state index contributed by atoms with van der Waals surface area (Å²) in [6.07, 6.45) is 2.11. The van der Waals surface area contributed by atoms with Crippen molar-refractivity contribution in [1.29, 1.82) is 0 Å². The summed E-state index contributed by atoms with van der Waals surface area (Å²) in [5.41, 5.74) is 0.788. The van der Waals surface area contributed by atoms with Crippen LogP contribution in [-0.4, -0.2) is 42.5 Å². The molecular formula is C18H19NO2. The van der Waals surface area contributed by atoms with Crippen molar-refractivity contribution < 1.29 is 9.53 Å². The first-order valence-electron chi connectivity index (χ1n) is 7.70. The molecule has 0 amide bonds. The smallest absolute Gasteiger partial charge is 0.193 e. The maximum atomic E-state index is 12.9. The molecule has 4 rings (SSSR count). The molecule has 3 nitrogen and oxygen atoms in total. The van der Waals surface area contributed by atoms with Gasteiger partial charge >= 0.3 is 0 Å². The molecule has 0 radical (unpaired) electrons. The number of carbonyl (C=O) groups excluding carboxylic acids is 1. The van der Waals surface area contributed by atoms with E-state index in [9.17, 15) is 4.79 Å². The van der Waals surface area contributed by atoms with E-state index in [1.807, 2.05) is 42.5 Å². The van der Waals surface area contributed by atoms with Gasteiger partial charge in [0.05, 0.1) is 6.61 Å². The summed E-state index contributed by atoms with van der Waals surface area (Å²) in [6, 6.07) is 14.5. The van der Waals surface area contributed by atoms with Gasteiger partial charge in [-0.15, -0.1) is 0 Å². The molecular weight excluding hydrogens is 262 g/mol. The van der Waals surface area contributed by atoms with Crippen molar-refractivity contribution in [2.75, 3.05) is 19.7 Å². The van der Waals surface area contributed by atoms with Crippen LogP contribution in [0.15, 0.2) is 42.5 Å². The van der Waals surface area contributed by atoms with Crippen LogP contribution in [0.3, 0.4) is 0 Å². The Morgan fingerprint density at radius 2 is 2.00 bits per heavy atom. The number of hydrogen-bond donors (Lipinski definition) is 0. The second-order valence-electron chi connectivity index (χ2n) is 6.00. The van der Waals surface area contributed by atoms with Gasteiger partial charge in [0, 0.05) is 18.2 Å². The molecule has 2 aliphatic heterocycles. The van der Waals surface area contributed by atoms with E-state index in [4.69, 9.17) is 4.74 Å². The summed E-state index contributed by atoms with van der Waals surface area (Å²) in [5.74, 6) is 0.122. The average molecular weight is 281 g/mol. The van der Waals surface area contributed by atoms with Crippen LogP contribution < -0.4 is 0 Å². The highest BCUT2D eigenvalue weighted by atomic mass is 16.5. The van der Waals surface area contributed by atoms with Gasteiger partial charge < -0.3 is 4.74 Å². The Hall–Kier alpha value is -1.71. The van der Waals surface area contributed by atoms with Crippen molar-refractivity contribution in [3.8, 4) is 0 Å². The van der Waals surface area contributed by atoms with E-state index in [0.29, 0.717) is 12.6 Å². The summed E-state index contributed by atoms with van der Waals surface area (Å²) in [6.45, 7) is 2.54. The predicted octanol–water partition coefficient (Wildman–Crippen LogP) is 2.89. The number of ether oxygens (including phenoxy) is 1. The van der Waals surface area contributed by atoms with Crippen LogP contribution in [0.4, 0.5) is 0 Å². The van der Waals surface area contributed by atoms with E-state index in [-0.39, 0.29) is 11.9 Å². The number of ketones is 1. The van der Waals surface area contributed by atoms with Crippen LogP contribution in [0.2, 0.25) is 0 Å². The lowest BCUT2D eigenvalue weighted by Crippen LogP contribution is -2.49. The predicted molar refractivity (Wildman–Crippen MR) is 82.6 cm³/mol. The Kier molecular flexibility index (Phi) is 3.24. The summed E-state index contributed by atoms with van der Waals surface area (Å²) >= 11 is 0. The second kappa shape index (κ2) is 5.24. The van der Waals surface area contributed by atoms with Gasteiger partial charge in [-0.25, -0.2) is 0 Å². The lowest BCUT2D eigenvalue weighted by Gasteiger charge is -2.34. The van der Waals surface area contributed by atoms with Gasteiger partial charge in [-0.05, 0) is 30.2 Å². The maximum absolute atomic E-state index is 12.9. The molecule has 2 heterocycles. The molecule has 0 N–H and O–H groups in total. The molecule has 108 valence electrons. The lowest BCUT2D eigenvalue weighted by molar-refractivity contribution is -0.0343. The third-order valence-corrected chi connectivity index (χ3v) is 4.74. The monoisotopic (exact) mass is 281 g/mol. The van der Waals surface area contributed by atoms with E-state index in [1.165, 1.54) is 12.8 Å². The zero-order valence-electron chi connectivity index (χ0n) is 12.0. The van der Waals surface area contributed by atoms with Crippen molar-refractivity contribution in [2.45, 2.75) is 25.0 Å². The number of morpholine rings is 1. The molecule has 2 saturated heterocycles. The van der Waals surface area contributed by atoms with E-state index >= 15 is 0 Å². The van der Waals surface area contributed by atoms with E-state index < -0.39 is 0 Å². The largest absolute Gasteiger partial charge is 0.367 e. The summed E-state index contributed by atoms with van der Waals surface area (Å²) < 4.78 is 5.87. The first-order chi connectivity index (χ1) is 10.3. The number of Topliss-reactive ketones (excluding diaryl/α,β-unsaturated/α-hetero) is 1. The minimum absolute atomic E-state index is 0.122. The number of fused-ring (bicyclic) bond motifs is 2. The van der Waals surface area contributed by atoms with E-state index in [2.05, 4.69) is 4.90 Å². The molecule has 0 aromatic heterocycles. The molecule has 0 aliphatic carbocycles. The quantitative estimate of drug-likeness (QED) is 0.793. The molecule has 2 atom stereocenters. The van der Waals surface area contributed by atoms with Crippen LogP contribution in [0.1, 0.15) is 23.2 Å². The topological polar surface area (TPSA) is 29.5 Å². The molecule has 2 aliphatic rings. The average Bonchev–Trinajstić information content (AvgIpc) is 3.01. The molecule has 2 fully saturated rings. The highest BCUT2D eigenvalue weighted by molar-refractivity contribution is 6.10. The molecule has 0 spiro atoms. The maximum Gasteiger partial charge on any atom is 0.193 e.